The lowest BCUT2D eigenvalue weighted by Gasteiger charge is -2.07. The van der Waals surface area contributed by atoms with Crippen LogP contribution in [-0.2, 0) is 20.9 Å². The van der Waals surface area contributed by atoms with Crippen LogP contribution in [0.1, 0.15) is 11.1 Å². The van der Waals surface area contributed by atoms with Crippen LogP contribution in [0.3, 0.4) is 0 Å². The van der Waals surface area contributed by atoms with Crippen molar-refractivity contribution >= 4 is 10.1 Å². The van der Waals surface area contributed by atoms with Crippen LogP contribution >= 0.6 is 0 Å². The summed E-state index contributed by atoms with van der Waals surface area (Å²) in [6, 6.07) is 4.60. The summed E-state index contributed by atoms with van der Waals surface area (Å²) < 4.78 is 37.1. The van der Waals surface area contributed by atoms with Crippen molar-refractivity contribution in [2.75, 3.05) is 0 Å². The van der Waals surface area contributed by atoms with Crippen molar-refractivity contribution in [2.24, 2.45) is 0 Å². The van der Waals surface area contributed by atoms with Crippen molar-refractivity contribution in [3.63, 3.8) is 0 Å². The summed E-state index contributed by atoms with van der Waals surface area (Å²) in [5, 5.41) is 0. The molecule has 0 spiro atoms. The molecule has 3 nitrogen and oxygen atoms in total. The zero-order chi connectivity index (χ0) is 11.5. The average molecular weight is 230 g/mol. The SMILES string of the molecule is C=CCc1cccc(S(=O)(=O)OF)c1C. The number of rotatable bonds is 4. The molecule has 1 rings (SSSR count). The predicted octanol–water partition coefficient (Wildman–Crippen LogP) is 2.31. The van der Waals surface area contributed by atoms with Gasteiger partial charge in [0.15, 0.2) is 0 Å². The van der Waals surface area contributed by atoms with Gasteiger partial charge in [-0.05, 0) is 35.1 Å². The number of benzene rings is 1. The van der Waals surface area contributed by atoms with E-state index in [4.69, 9.17) is 0 Å². The zero-order valence-electron chi connectivity index (χ0n) is 8.23. The molecule has 0 aliphatic heterocycles. The maximum atomic E-state index is 11.8. The second kappa shape index (κ2) is 4.55. The Morgan fingerprint density at radius 1 is 1.53 bits per heavy atom. The molecule has 0 unspecified atom stereocenters. The fraction of sp³-hybridized carbons (Fsp3) is 0.200. The van der Waals surface area contributed by atoms with E-state index in [1.165, 1.54) is 12.1 Å². The van der Waals surface area contributed by atoms with Crippen LogP contribution in [0.4, 0.5) is 4.53 Å². The quantitative estimate of drug-likeness (QED) is 0.745. The Labute approximate surface area is 88.2 Å². The Morgan fingerprint density at radius 2 is 2.20 bits per heavy atom. The van der Waals surface area contributed by atoms with E-state index in [1.807, 2.05) is 0 Å². The first-order valence-corrected chi connectivity index (χ1v) is 5.68. The van der Waals surface area contributed by atoms with Crippen molar-refractivity contribution in [1.29, 1.82) is 0 Å². The van der Waals surface area contributed by atoms with Gasteiger partial charge in [-0.15, -0.1) is 6.58 Å². The van der Waals surface area contributed by atoms with E-state index in [1.54, 1.807) is 19.1 Å². The standard InChI is InChI=1S/C10H11FO3S/c1-3-5-9-6-4-7-10(8(9)2)15(12,13)14-11/h3-4,6-7H,1,5H2,2H3. The lowest BCUT2D eigenvalue weighted by atomic mass is 10.1. The molecule has 0 bridgehead atoms. The Balaban J connectivity index is 3.33. The summed E-state index contributed by atoms with van der Waals surface area (Å²) >= 11 is 0. The lowest BCUT2D eigenvalue weighted by molar-refractivity contribution is 0.00279. The summed E-state index contributed by atoms with van der Waals surface area (Å²) in [6.45, 7) is 5.16. The summed E-state index contributed by atoms with van der Waals surface area (Å²) in [5.74, 6) is 0. The topological polar surface area (TPSA) is 43.4 Å². The number of halogens is 1. The van der Waals surface area contributed by atoms with E-state index < -0.39 is 10.1 Å². The van der Waals surface area contributed by atoms with Crippen LogP contribution < -0.4 is 0 Å². The van der Waals surface area contributed by atoms with Gasteiger partial charge in [-0.1, -0.05) is 22.6 Å². The summed E-state index contributed by atoms with van der Waals surface area (Å²) in [4.78, 5) is -0.149. The van der Waals surface area contributed by atoms with Crippen molar-refractivity contribution in [3.8, 4) is 0 Å². The molecule has 1 aromatic carbocycles. The summed E-state index contributed by atoms with van der Waals surface area (Å²) in [6.07, 6.45) is 2.18. The van der Waals surface area contributed by atoms with Crippen LogP contribution in [-0.4, -0.2) is 8.42 Å². The highest BCUT2D eigenvalue weighted by molar-refractivity contribution is 7.86. The van der Waals surface area contributed by atoms with Gasteiger partial charge in [0.2, 0.25) is 0 Å². The second-order valence-electron chi connectivity index (χ2n) is 3.05. The highest BCUT2D eigenvalue weighted by atomic mass is 32.2. The molecule has 0 saturated heterocycles. The molecule has 0 aromatic heterocycles. The Hall–Kier alpha value is -1.20. The monoisotopic (exact) mass is 230 g/mol. The maximum Gasteiger partial charge on any atom is 0.327 e. The first kappa shape index (κ1) is 11.9. The molecule has 0 fully saturated rings. The van der Waals surface area contributed by atoms with Crippen molar-refractivity contribution in [1.82, 2.24) is 0 Å². The number of hydrogen-bond donors (Lipinski definition) is 0. The molecule has 82 valence electrons. The van der Waals surface area contributed by atoms with E-state index in [-0.39, 0.29) is 4.90 Å². The Morgan fingerprint density at radius 3 is 2.73 bits per heavy atom. The highest BCUT2D eigenvalue weighted by Gasteiger charge is 2.19. The van der Waals surface area contributed by atoms with Gasteiger partial charge in [-0.25, -0.2) is 0 Å². The minimum atomic E-state index is -4.27. The first-order valence-electron chi connectivity index (χ1n) is 4.27. The highest BCUT2D eigenvalue weighted by Crippen LogP contribution is 2.21. The van der Waals surface area contributed by atoms with Crippen LogP contribution in [0.15, 0.2) is 35.7 Å². The molecule has 0 radical (unpaired) electrons. The van der Waals surface area contributed by atoms with E-state index in [2.05, 4.69) is 11.0 Å². The largest absolute Gasteiger partial charge is 0.327 e. The smallest absolute Gasteiger partial charge is 0.191 e. The summed E-state index contributed by atoms with van der Waals surface area (Å²) in [7, 11) is -4.27. The predicted molar refractivity (Wildman–Crippen MR) is 54.5 cm³/mol. The third-order valence-electron chi connectivity index (χ3n) is 2.11. The Bertz CT molecular complexity index is 466. The van der Waals surface area contributed by atoms with E-state index >= 15 is 0 Å². The van der Waals surface area contributed by atoms with Crippen LogP contribution in [0.2, 0.25) is 0 Å². The molecule has 0 saturated carbocycles. The van der Waals surface area contributed by atoms with Crippen LogP contribution in [0, 0.1) is 6.92 Å². The molecule has 0 atom stereocenters. The lowest BCUT2D eigenvalue weighted by Crippen LogP contribution is -2.04. The van der Waals surface area contributed by atoms with Gasteiger partial charge < -0.3 is 0 Å². The van der Waals surface area contributed by atoms with E-state index in [0.717, 1.165) is 5.56 Å². The minimum absolute atomic E-state index is 0.149. The summed E-state index contributed by atoms with van der Waals surface area (Å²) in [5.41, 5.74) is 1.26. The van der Waals surface area contributed by atoms with Gasteiger partial charge in [0.05, 0.1) is 4.90 Å². The molecule has 0 aliphatic carbocycles. The Kier molecular flexibility index (Phi) is 3.60. The molecule has 5 heteroatoms. The molecule has 0 heterocycles. The number of allylic oxidation sites excluding steroid dienone is 1. The van der Waals surface area contributed by atoms with Gasteiger partial charge in [0, 0.05) is 0 Å². The van der Waals surface area contributed by atoms with Crippen LogP contribution in [0.25, 0.3) is 0 Å². The van der Waals surface area contributed by atoms with Gasteiger partial charge in [-0.3, -0.25) is 0 Å². The fourth-order valence-corrected chi connectivity index (χ4v) is 2.16. The molecule has 0 N–H and O–H groups in total. The molecule has 0 aliphatic rings. The molecule has 1 aromatic rings. The normalized spacial score (nSPS) is 11.3. The molecule has 15 heavy (non-hydrogen) atoms. The van der Waals surface area contributed by atoms with Crippen molar-refractivity contribution in [2.45, 2.75) is 18.2 Å². The average Bonchev–Trinajstić information content (AvgIpc) is 2.21. The third kappa shape index (κ3) is 2.43. The van der Waals surface area contributed by atoms with Gasteiger partial charge >= 0.3 is 10.1 Å². The van der Waals surface area contributed by atoms with Crippen molar-refractivity contribution in [3.05, 3.63) is 42.0 Å². The first-order chi connectivity index (χ1) is 7.03. The van der Waals surface area contributed by atoms with E-state index in [0.29, 0.717) is 12.0 Å². The molecular weight excluding hydrogens is 219 g/mol. The van der Waals surface area contributed by atoms with Crippen LogP contribution in [0.5, 0.6) is 0 Å². The molecule has 0 amide bonds. The third-order valence-corrected chi connectivity index (χ3v) is 3.26. The molecular formula is C10H11FO3S. The van der Waals surface area contributed by atoms with Gasteiger partial charge in [0.1, 0.15) is 0 Å². The number of hydrogen-bond acceptors (Lipinski definition) is 3. The zero-order valence-corrected chi connectivity index (χ0v) is 9.05. The fourth-order valence-electron chi connectivity index (χ4n) is 1.34. The van der Waals surface area contributed by atoms with Gasteiger partial charge in [0.25, 0.3) is 0 Å². The minimum Gasteiger partial charge on any atom is -0.191 e. The second-order valence-corrected chi connectivity index (χ2v) is 4.52. The van der Waals surface area contributed by atoms with Gasteiger partial charge in [-0.2, -0.15) is 8.42 Å². The van der Waals surface area contributed by atoms with Crippen molar-refractivity contribution < 1.29 is 17.3 Å². The van der Waals surface area contributed by atoms with E-state index in [9.17, 15) is 12.9 Å². The maximum absolute atomic E-state index is 11.8.